The van der Waals surface area contributed by atoms with Crippen LogP contribution in [0.4, 0.5) is 5.95 Å². The van der Waals surface area contributed by atoms with Crippen LogP contribution in [0, 0.1) is 6.92 Å². The van der Waals surface area contributed by atoms with Crippen molar-refractivity contribution < 1.29 is 4.74 Å². The highest BCUT2D eigenvalue weighted by molar-refractivity contribution is 7.98. The number of thioether (sulfide) groups is 1. The van der Waals surface area contributed by atoms with Gasteiger partial charge in [-0.1, -0.05) is 0 Å². The summed E-state index contributed by atoms with van der Waals surface area (Å²) in [5, 5.41) is 3.16. The molecule has 1 aromatic heterocycles. The third-order valence-corrected chi connectivity index (χ3v) is 2.32. The van der Waals surface area contributed by atoms with Crippen LogP contribution in [0.1, 0.15) is 12.6 Å². The van der Waals surface area contributed by atoms with Crippen LogP contribution in [0.2, 0.25) is 0 Å². The van der Waals surface area contributed by atoms with Gasteiger partial charge in [0.25, 0.3) is 0 Å². The predicted molar refractivity (Wildman–Crippen MR) is 64.8 cm³/mol. The molecule has 15 heavy (non-hydrogen) atoms. The quantitative estimate of drug-likeness (QED) is 0.753. The van der Waals surface area contributed by atoms with E-state index in [4.69, 9.17) is 4.74 Å². The molecule has 0 aliphatic rings. The zero-order chi connectivity index (χ0) is 11.1. The van der Waals surface area contributed by atoms with Gasteiger partial charge >= 0.3 is 0 Å². The molecule has 0 spiro atoms. The van der Waals surface area contributed by atoms with Gasteiger partial charge in [-0.05, 0) is 20.1 Å². The highest BCUT2D eigenvalue weighted by Gasteiger charge is 2.01. The van der Waals surface area contributed by atoms with E-state index in [2.05, 4.69) is 21.5 Å². The Bertz CT molecular complexity index is 307. The zero-order valence-electron chi connectivity index (χ0n) is 9.41. The number of ether oxygens (including phenoxy) is 1. The maximum absolute atomic E-state index is 5.34. The molecular weight excluding hydrogens is 210 g/mol. The highest BCUT2D eigenvalue weighted by Crippen LogP contribution is 2.11. The molecule has 0 aliphatic heterocycles. The van der Waals surface area contributed by atoms with E-state index in [9.17, 15) is 0 Å². The summed E-state index contributed by atoms with van der Waals surface area (Å²) < 4.78 is 5.34. The van der Waals surface area contributed by atoms with Gasteiger partial charge in [0.05, 0.1) is 6.61 Å². The third-order valence-electron chi connectivity index (χ3n) is 1.71. The first-order chi connectivity index (χ1) is 7.26. The van der Waals surface area contributed by atoms with Crippen LogP contribution in [-0.4, -0.2) is 35.1 Å². The average Bonchev–Trinajstić information content (AvgIpc) is 2.18. The van der Waals surface area contributed by atoms with Crippen LogP contribution < -0.4 is 10.1 Å². The van der Waals surface area contributed by atoms with E-state index >= 15 is 0 Å². The molecule has 0 unspecified atom stereocenters. The number of aromatic nitrogens is 2. The lowest BCUT2D eigenvalue weighted by molar-refractivity contribution is 0.326. The van der Waals surface area contributed by atoms with Crippen molar-refractivity contribution in [3.8, 4) is 5.88 Å². The molecule has 0 saturated heterocycles. The number of nitrogens with zero attached hydrogens (tertiary/aromatic N) is 2. The fourth-order valence-corrected chi connectivity index (χ4v) is 1.41. The molecule has 0 amide bonds. The molecule has 0 aromatic carbocycles. The summed E-state index contributed by atoms with van der Waals surface area (Å²) in [6.07, 6.45) is 2.07. The van der Waals surface area contributed by atoms with Crippen molar-refractivity contribution in [2.45, 2.75) is 13.8 Å². The lowest BCUT2D eigenvalue weighted by Crippen LogP contribution is -2.09. The van der Waals surface area contributed by atoms with E-state index in [0.29, 0.717) is 18.4 Å². The standard InChI is InChI=1S/C10H17N3OS/c1-4-14-9-7-8(2)12-10(13-9)11-5-6-15-3/h7H,4-6H2,1-3H3,(H,11,12,13). The van der Waals surface area contributed by atoms with Gasteiger partial charge in [-0.3, -0.25) is 0 Å². The fourth-order valence-electron chi connectivity index (χ4n) is 1.11. The number of hydrogen-bond donors (Lipinski definition) is 1. The third kappa shape index (κ3) is 4.38. The van der Waals surface area contributed by atoms with Gasteiger partial charge in [-0.25, -0.2) is 4.98 Å². The van der Waals surface area contributed by atoms with Gasteiger partial charge in [-0.15, -0.1) is 0 Å². The van der Waals surface area contributed by atoms with Crippen molar-refractivity contribution in [2.24, 2.45) is 0 Å². The molecule has 84 valence electrons. The van der Waals surface area contributed by atoms with Crippen LogP contribution in [0.15, 0.2) is 6.07 Å². The maximum Gasteiger partial charge on any atom is 0.226 e. The Morgan fingerprint density at radius 1 is 1.47 bits per heavy atom. The second kappa shape index (κ2) is 6.50. The minimum atomic E-state index is 0.626. The molecule has 0 fully saturated rings. The normalized spacial score (nSPS) is 10.1. The summed E-state index contributed by atoms with van der Waals surface area (Å²) in [5.74, 6) is 2.32. The maximum atomic E-state index is 5.34. The van der Waals surface area contributed by atoms with E-state index in [1.165, 1.54) is 0 Å². The van der Waals surface area contributed by atoms with Gasteiger partial charge in [0.15, 0.2) is 0 Å². The van der Waals surface area contributed by atoms with E-state index < -0.39 is 0 Å². The molecule has 4 nitrogen and oxygen atoms in total. The molecule has 1 aromatic rings. The molecule has 1 N–H and O–H groups in total. The Balaban J connectivity index is 2.62. The van der Waals surface area contributed by atoms with Crippen LogP contribution in [-0.2, 0) is 0 Å². The molecule has 5 heteroatoms. The van der Waals surface area contributed by atoms with E-state index in [0.717, 1.165) is 18.0 Å². The number of aryl methyl sites for hydroxylation is 1. The van der Waals surface area contributed by atoms with Gasteiger partial charge in [-0.2, -0.15) is 16.7 Å². The SMILES string of the molecule is CCOc1cc(C)nc(NCCSC)n1. The smallest absolute Gasteiger partial charge is 0.226 e. The Kier molecular flexibility index (Phi) is 5.25. The summed E-state index contributed by atoms with van der Waals surface area (Å²) >= 11 is 1.79. The lowest BCUT2D eigenvalue weighted by atomic mass is 10.4. The number of anilines is 1. The first-order valence-electron chi connectivity index (χ1n) is 4.97. The lowest BCUT2D eigenvalue weighted by Gasteiger charge is -2.07. The Hall–Kier alpha value is -0.970. The summed E-state index contributed by atoms with van der Waals surface area (Å²) in [6, 6.07) is 1.84. The Labute approximate surface area is 94.8 Å². The van der Waals surface area contributed by atoms with Crippen molar-refractivity contribution in [2.75, 3.05) is 30.5 Å². The number of rotatable bonds is 6. The van der Waals surface area contributed by atoms with Crippen molar-refractivity contribution in [3.05, 3.63) is 11.8 Å². The predicted octanol–water partition coefficient (Wildman–Crippen LogP) is 1.96. The second-order valence-corrected chi connectivity index (χ2v) is 4.01. The van der Waals surface area contributed by atoms with Crippen molar-refractivity contribution in [3.63, 3.8) is 0 Å². The minimum absolute atomic E-state index is 0.626. The van der Waals surface area contributed by atoms with Gasteiger partial charge in [0.2, 0.25) is 11.8 Å². The van der Waals surface area contributed by atoms with E-state index in [1.54, 1.807) is 11.8 Å². The number of nitrogens with one attached hydrogen (secondary N) is 1. The molecule has 0 aliphatic carbocycles. The zero-order valence-corrected chi connectivity index (χ0v) is 10.2. The molecule has 1 heterocycles. The van der Waals surface area contributed by atoms with Crippen LogP contribution in [0.5, 0.6) is 5.88 Å². The molecule has 0 atom stereocenters. The van der Waals surface area contributed by atoms with Gasteiger partial charge < -0.3 is 10.1 Å². The van der Waals surface area contributed by atoms with Crippen LogP contribution in [0.25, 0.3) is 0 Å². The Morgan fingerprint density at radius 3 is 2.93 bits per heavy atom. The minimum Gasteiger partial charge on any atom is -0.478 e. The number of hydrogen-bond acceptors (Lipinski definition) is 5. The molecule has 0 saturated carbocycles. The molecule has 1 rings (SSSR count). The van der Waals surface area contributed by atoms with E-state index in [-0.39, 0.29) is 0 Å². The topological polar surface area (TPSA) is 47.0 Å². The summed E-state index contributed by atoms with van der Waals surface area (Å²) in [4.78, 5) is 8.52. The first-order valence-corrected chi connectivity index (χ1v) is 6.37. The fraction of sp³-hybridized carbons (Fsp3) is 0.600. The molecule has 0 radical (unpaired) electrons. The summed E-state index contributed by atoms with van der Waals surface area (Å²) in [7, 11) is 0. The summed E-state index contributed by atoms with van der Waals surface area (Å²) in [5.41, 5.74) is 0.917. The van der Waals surface area contributed by atoms with Crippen molar-refractivity contribution in [1.82, 2.24) is 9.97 Å². The first kappa shape index (κ1) is 12.1. The van der Waals surface area contributed by atoms with E-state index in [1.807, 2.05) is 19.9 Å². The van der Waals surface area contributed by atoms with Crippen LogP contribution >= 0.6 is 11.8 Å². The second-order valence-electron chi connectivity index (χ2n) is 3.02. The Morgan fingerprint density at radius 2 is 2.27 bits per heavy atom. The summed E-state index contributed by atoms with van der Waals surface area (Å²) in [6.45, 7) is 5.37. The van der Waals surface area contributed by atoms with Gasteiger partial charge in [0, 0.05) is 24.1 Å². The van der Waals surface area contributed by atoms with Crippen LogP contribution in [0.3, 0.4) is 0 Å². The van der Waals surface area contributed by atoms with Crippen molar-refractivity contribution in [1.29, 1.82) is 0 Å². The largest absolute Gasteiger partial charge is 0.478 e. The highest BCUT2D eigenvalue weighted by atomic mass is 32.2. The van der Waals surface area contributed by atoms with Crippen molar-refractivity contribution >= 4 is 17.7 Å². The monoisotopic (exact) mass is 227 g/mol. The van der Waals surface area contributed by atoms with Gasteiger partial charge in [0.1, 0.15) is 0 Å². The molecular formula is C10H17N3OS. The molecule has 0 bridgehead atoms. The average molecular weight is 227 g/mol.